The van der Waals surface area contributed by atoms with Crippen molar-refractivity contribution in [2.45, 2.75) is 26.8 Å². The SMILES string of the molecule is COCCN1C(=O)C(=O)/C(=C(/O)c2cc(C)ccc2C)C1c1cccc(OC(C)=O)c1. The summed E-state index contributed by atoms with van der Waals surface area (Å²) in [6, 6.07) is 11.3. The maximum atomic E-state index is 13.0. The van der Waals surface area contributed by atoms with Crippen molar-refractivity contribution in [3.63, 3.8) is 0 Å². The highest BCUT2D eigenvalue weighted by molar-refractivity contribution is 6.46. The first-order valence-electron chi connectivity index (χ1n) is 9.88. The zero-order chi connectivity index (χ0) is 22.7. The summed E-state index contributed by atoms with van der Waals surface area (Å²) in [4.78, 5) is 38.6. The van der Waals surface area contributed by atoms with Crippen molar-refractivity contribution in [1.82, 2.24) is 4.90 Å². The summed E-state index contributed by atoms with van der Waals surface area (Å²) in [5, 5.41) is 11.2. The van der Waals surface area contributed by atoms with Crippen LogP contribution < -0.4 is 4.74 Å². The maximum Gasteiger partial charge on any atom is 0.308 e. The van der Waals surface area contributed by atoms with E-state index in [0.29, 0.717) is 11.1 Å². The molecule has 7 nitrogen and oxygen atoms in total. The van der Waals surface area contributed by atoms with Crippen LogP contribution in [0.25, 0.3) is 5.76 Å². The highest BCUT2D eigenvalue weighted by Crippen LogP contribution is 2.40. The lowest BCUT2D eigenvalue weighted by molar-refractivity contribution is -0.140. The molecule has 1 aliphatic rings. The van der Waals surface area contributed by atoms with Crippen molar-refractivity contribution in [3.05, 3.63) is 70.3 Å². The zero-order valence-corrected chi connectivity index (χ0v) is 18.0. The lowest BCUT2D eigenvalue weighted by Gasteiger charge is -2.25. The molecule has 1 unspecified atom stereocenters. The normalized spacial score (nSPS) is 17.8. The topological polar surface area (TPSA) is 93.1 Å². The van der Waals surface area contributed by atoms with Gasteiger partial charge < -0.3 is 19.5 Å². The Hall–Kier alpha value is -3.45. The molecule has 0 bridgehead atoms. The van der Waals surface area contributed by atoms with Gasteiger partial charge in [0.05, 0.1) is 18.2 Å². The first-order chi connectivity index (χ1) is 14.7. The Bertz CT molecular complexity index is 1070. The number of carbonyl (C=O) groups excluding carboxylic acids is 3. The summed E-state index contributed by atoms with van der Waals surface area (Å²) in [6.07, 6.45) is 0. The van der Waals surface area contributed by atoms with Crippen molar-refractivity contribution in [1.29, 1.82) is 0 Å². The Balaban J connectivity index is 2.20. The van der Waals surface area contributed by atoms with E-state index in [2.05, 4.69) is 0 Å². The van der Waals surface area contributed by atoms with Gasteiger partial charge in [0.15, 0.2) is 0 Å². The molecule has 162 valence electrons. The number of aliphatic hydroxyl groups is 1. The van der Waals surface area contributed by atoms with E-state index in [1.165, 1.54) is 18.9 Å². The molecule has 2 aromatic carbocycles. The number of aliphatic hydroxyl groups excluding tert-OH is 1. The predicted molar refractivity (Wildman–Crippen MR) is 115 cm³/mol. The number of Topliss-reactive ketones (excluding diaryl/α,β-unsaturated/α-hetero) is 1. The van der Waals surface area contributed by atoms with Gasteiger partial charge in [0.2, 0.25) is 0 Å². The summed E-state index contributed by atoms with van der Waals surface area (Å²) >= 11 is 0. The molecule has 0 radical (unpaired) electrons. The molecule has 1 fully saturated rings. The van der Waals surface area contributed by atoms with Gasteiger partial charge in [0.25, 0.3) is 11.7 Å². The van der Waals surface area contributed by atoms with Crippen molar-refractivity contribution in [2.75, 3.05) is 20.3 Å². The molecule has 0 aromatic heterocycles. The van der Waals surface area contributed by atoms with Gasteiger partial charge in [0, 0.05) is 26.1 Å². The molecule has 2 aromatic rings. The number of amides is 1. The smallest absolute Gasteiger partial charge is 0.308 e. The monoisotopic (exact) mass is 423 g/mol. The highest BCUT2D eigenvalue weighted by Gasteiger charge is 2.46. The van der Waals surface area contributed by atoms with Gasteiger partial charge in [-0.25, -0.2) is 0 Å². The number of hydrogen-bond acceptors (Lipinski definition) is 6. The van der Waals surface area contributed by atoms with Crippen LogP contribution in [-0.2, 0) is 19.1 Å². The van der Waals surface area contributed by atoms with Crippen molar-refractivity contribution < 1.29 is 29.0 Å². The molecule has 0 saturated carbocycles. The Kier molecular flexibility index (Phi) is 6.56. The number of aryl methyl sites for hydroxylation is 2. The van der Waals surface area contributed by atoms with Crippen molar-refractivity contribution >= 4 is 23.4 Å². The number of esters is 1. The van der Waals surface area contributed by atoms with Crippen LogP contribution in [0.1, 0.15) is 35.2 Å². The lowest BCUT2D eigenvalue weighted by Crippen LogP contribution is -2.32. The number of hydrogen-bond donors (Lipinski definition) is 1. The molecular formula is C24H25NO6. The number of likely N-dealkylation sites (tertiary alicyclic amines) is 1. The molecule has 0 spiro atoms. The van der Waals surface area contributed by atoms with Crippen LogP contribution in [0.3, 0.4) is 0 Å². The van der Waals surface area contributed by atoms with E-state index >= 15 is 0 Å². The molecule has 1 aliphatic heterocycles. The summed E-state index contributed by atoms with van der Waals surface area (Å²) < 4.78 is 10.3. The maximum absolute atomic E-state index is 13.0. The second kappa shape index (κ2) is 9.14. The van der Waals surface area contributed by atoms with Gasteiger partial charge >= 0.3 is 5.97 Å². The number of ether oxygens (including phenoxy) is 2. The molecule has 7 heteroatoms. The second-order valence-corrected chi connectivity index (χ2v) is 7.47. The summed E-state index contributed by atoms with van der Waals surface area (Å²) in [6.45, 7) is 5.38. The zero-order valence-electron chi connectivity index (χ0n) is 18.0. The predicted octanol–water partition coefficient (Wildman–Crippen LogP) is 3.30. The number of rotatable bonds is 6. The molecule has 1 amide bonds. The van der Waals surface area contributed by atoms with Crippen LogP contribution >= 0.6 is 0 Å². The lowest BCUT2D eigenvalue weighted by atomic mass is 9.93. The van der Waals surface area contributed by atoms with Crippen LogP contribution in [0.4, 0.5) is 0 Å². The number of benzene rings is 2. The van der Waals surface area contributed by atoms with Crippen LogP contribution in [0.2, 0.25) is 0 Å². The fourth-order valence-corrected chi connectivity index (χ4v) is 3.70. The molecule has 0 aliphatic carbocycles. The highest BCUT2D eigenvalue weighted by atomic mass is 16.5. The number of methoxy groups -OCH3 is 1. The molecule has 1 heterocycles. The number of ketones is 1. The Morgan fingerprint density at radius 3 is 2.55 bits per heavy atom. The van der Waals surface area contributed by atoms with Gasteiger partial charge in [-0.1, -0.05) is 29.8 Å². The minimum absolute atomic E-state index is 0.00484. The van der Waals surface area contributed by atoms with E-state index < -0.39 is 23.7 Å². The molecule has 1 atom stereocenters. The van der Waals surface area contributed by atoms with Crippen molar-refractivity contribution in [3.8, 4) is 5.75 Å². The minimum atomic E-state index is -0.842. The van der Waals surface area contributed by atoms with E-state index in [1.807, 2.05) is 26.0 Å². The minimum Gasteiger partial charge on any atom is -0.507 e. The molecule has 1 N–H and O–H groups in total. The van der Waals surface area contributed by atoms with E-state index in [1.54, 1.807) is 30.3 Å². The van der Waals surface area contributed by atoms with E-state index in [4.69, 9.17) is 9.47 Å². The summed E-state index contributed by atoms with van der Waals surface area (Å²) in [7, 11) is 1.50. The largest absolute Gasteiger partial charge is 0.507 e. The number of nitrogens with zero attached hydrogens (tertiary/aromatic N) is 1. The fourth-order valence-electron chi connectivity index (χ4n) is 3.70. The first-order valence-corrected chi connectivity index (χ1v) is 9.88. The summed E-state index contributed by atoms with van der Waals surface area (Å²) in [5.74, 6) is -1.92. The quantitative estimate of drug-likeness (QED) is 0.252. The standard InChI is InChI=1S/C24H25NO6/c1-14-8-9-15(2)19(12-14)22(27)20-21(25(10-11-30-4)24(29)23(20)28)17-6-5-7-18(13-17)31-16(3)26/h5-9,12-13,21,27H,10-11H2,1-4H3/b22-20+. The Morgan fingerprint density at radius 2 is 1.87 bits per heavy atom. The number of carbonyl (C=O) groups is 3. The van der Waals surface area contributed by atoms with Crippen LogP contribution in [0.15, 0.2) is 48.0 Å². The second-order valence-electron chi connectivity index (χ2n) is 7.47. The summed E-state index contributed by atoms with van der Waals surface area (Å²) in [5.41, 5.74) is 2.72. The van der Waals surface area contributed by atoms with Gasteiger partial charge in [-0.3, -0.25) is 14.4 Å². The van der Waals surface area contributed by atoms with E-state index in [-0.39, 0.29) is 30.2 Å². The Labute approximate surface area is 180 Å². The third kappa shape index (κ3) is 4.51. The molecule has 1 saturated heterocycles. The fraction of sp³-hybridized carbons (Fsp3) is 0.292. The van der Waals surface area contributed by atoms with E-state index in [9.17, 15) is 19.5 Å². The van der Waals surface area contributed by atoms with Crippen LogP contribution in [0, 0.1) is 13.8 Å². The molecule has 3 rings (SSSR count). The third-order valence-corrected chi connectivity index (χ3v) is 5.16. The molecule has 31 heavy (non-hydrogen) atoms. The molecular weight excluding hydrogens is 398 g/mol. The average molecular weight is 423 g/mol. The van der Waals surface area contributed by atoms with Crippen LogP contribution in [0.5, 0.6) is 5.75 Å². The van der Waals surface area contributed by atoms with Crippen molar-refractivity contribution in [2.24, 2.45) is 0 Å². The van der Waals surface area contributed by atoms with Gasteiger partial charge in [0.1, 0.15) is 11.5 Å². The average Bonchev–Trinajstić information content (AvgIpc) is 2.98. The van der Waals surface area contributed by atoms with Gasteiger partial charge in [-0.15, -0.1) is 0 Å². The third-order valence-electron chi connectivity index (χ3n) is 5.16. The Morgan fingerprint density at radius 1 is 1.13 bits per heavy atom. The van der Waals surface area contributed by atoms with Gasteiger partial charge in [-0.05, 0) is 43.2 Å². The first kappa shape index (κ1) is 22.2. The van der Waals surface area contributed by atoms with E-state index in [0.717, 1.165) is 11.1 Å². The van der Waals surface area contributed by atoms with Crippen LogP contribution in [-0.4, -0.2) is 47.9 Å². The van der Waals surface area contributed by atoms with Gasteiger partial charge in [-0.2, -0.15) is 0 Å².